The zero-order valence-corrected chi connectivity index (χ0v) is 18.1. The molecule has 170 valence electrons. The van der Waals surface area contributed by atoms with E-state index in [0.717, 1.165) is 43.0 Å². The van der Waals surface area contributed by atoms with Crippen LogP contribution in [-0.4, -0.2) is 66.4 Å². The topological polar surface area (TPSA) is 117 Å². The number of amides is 4. The molecular weight excluding hydrogens is 412 g/mol. The number of piperidine rings is 2. The summed E-state index contributed by atoms with van der Waals surface area (Å²) in [6.45, 7) is 5.15. The van der Waals surface area contributed by atoms with E-state index in [0.29, 0.717) is 17.7 Å². The lowest BCUT2D eigenvalue weighted by molar-refractivity contribution is -0.136. The average Bonchev–Trinajstić information content (AvgIpc) is 3.21. The Labute approximate surface area is 186 Å². The van der Waals surface area contributed by atoms with Crippen LogP contribution >= 0.6 is 0 Å². The number of imide groups is 2. The van der Waals surface area contributed by atoms with E-state index in [1.165, 1.54) is 0 Å². The van der Waals surface area contributed by atoms with Gasteiger partial charge in [-0.2, -0.15) is 0 Å². The van der Waals surface area contributed by atoms with E-state index in [4.69, 9.17) is 4.74 Å². The number of nitrogens with one attached hydrogen (secondary N) is 3. The van der Waals surface area contributed by atoms with E-state index in [9.17, 15) is 19.2 Å². The molecule has 0 aliphatic carbocycles. The van der Waals surface area contributed by atoms with Gasteiger partial charge in [-0.05, 0) is 50.9 Å². The molecule has 3 unspecified atom stereocenters. The van der Waals surface area contributed by atoms with Gasteiger partial charge in [0.1, 0.15) is 6.04 Å². The third-order valence-electron chi connectivity index (χ3n) is 7.43. The summed E-state index contributed by atoms with van der Waals surface area (Å²) in [6.07, 6.45) is 2.37. The van der Waals surface area contributed by atoms with Crippen LogP contribution in [0.25, 0.3) is 0 Å². The van der Waals surface area contributed by atoms with Crippen LogP contribution in [0.15, 0.2) is 18.2 Å². The molecule has 9 nitrogen and oxygen atoms in total. The fraction of sp³-hybridized carbons (Fsp3) is 0.565. The first-order valence-electron chi connectivity index (χ1n) is 11.3. The van der Waals surface area contributed by atoms with Crippen molar-refractivity contribution in [1.82, 2.24) is 20.9 Å². The van der Waals surface area contributed by atoms with Crippen molar-refractivity contribution in [2.75, 3.05) is 19.7 Å². The highest BCUT2D eigenvalue weighted by Crippen LogP contribution is 2.41. The number of carbonyl (C=O) groups excluding carboxylic acids is 4. The van der Waals surface area contributed by atoms with Crippen LogP contribution in [-0.2, 0) is 20.9 Å². The lowest BCUT2D eigenvalue weighted by Gasteiger charge is -2.39. The summed E-state index contributed by atoms with van der Waals surface area (Å²) in [5.41, 5.74) is 1.46. The monoisotopic (exact) mass is 440 g/mol. The molecule has 1 aromatic rings. The zero-order chi connectivity index (χ0) is 22.5. The predicted molar refractivity (Wildman–Crippen MR) is 114 cm³/mol. The van der Waals surface area contributed by atoms with E-state index in [1.54, 1.807) is 12.1 Å². The maximum Gasteiger partial charge on any atom is 0.262 e. The van der Waals surface area contributed by atoms with Crippen LogP contribution in [0.5, 0.6) is 0 Å². The van der Waals surface area contributed by atoms with E-state index in [-0.39, 0.29) is 36.3 Å². The first-order chi connectivity index (χ1) is 15.4. The van der Waals surface area contributed by atoms with E-state index in [2.05, 4.69) is 22.9 Å². The predicted octanol–water partition coefficient (Wildman–Crippen LogP) is 0.335. The molecular formula is C23H28N4O5. The molecule has 3 N–H and O–H groups in total. The van der Waals surface area contributed by atoms with E-state index in [1.807, 2.05) is 6.07 Å². The van der Waals surface area contributed by atoms with Crippen LogP contribution in [0.2, 0.25) is 0 Å². The van der Waals surface area contributed by atoms with Gasteiger partial charge in [0.25, 0.3) is 11.8 Å². The number of ether oxygens (including phenoxy) is 1. The fourth-order valence-electron chi connectivity index (χ4n) is 5.70. The smallest absolute Gasteiger partial charge is 0.262 e. The van der Waals surface area contributed by atoms with Crippen molar-refractivity contribution < 1.29 is 23.9 Å². The van der Waals surface area contributed by atoms with E-state index >= 15 is 0 Å². The summed E-state index contributed by atoms with van der Waals surface area (Å²) >= 11 is 0. The van der Waals surface area contributed by atoms with Gasteiger partial charge >= 0.3 is 0 Å². The van der Waals surface area contributed by atoms with Crippen LogP contribution in [0.3, 0.4) is 0 Å². The molecule has 4 heterocycles. The van der Waals surface area contributed by atoms with Crippen LogP contribution in [0, 0.1) is 5.41 Å². The highest BCUT2D eigenvalue weighted by molar-refractivity contribution is 6.24. The normalized spacial score (nSPS) is 29.5. The number of rotatable bonds is 4. The van der Waals surface area contributed by atoms with Gasteiger partial charge in [-0.25, -0.2) is 0 Å². The Morgan fingerprint density at radius 3 is 2.69 bits per heavy atom. The molecule has 3 saturated heterocycles. The maximum absolute atomic E-state index is 13.3. The number of fused-ring (bicyclic) bond motifs is 1. The summed E-state index contributed by atoms with van der Waals surface area (Å²) < 4.78 is 6.00. The molecule has 1 aromatic carbocycles. The molecule has 3 fully saturated rings. The fourth-order valence-corrected chi connectivity index (χ4v) is 5.70. The highest BCUT2D eigenvalue weighted by Gasteiger charge is 2.49. The van der Waals surface area contributed by atoms with Gasteiger partial charge < -0.3 is 15.4 Å². The standard InChI is InChI=1S/C23H28N4O5/c1-13-19(23(12-32-13)7-9-24-10-8-23)25-11-14-3-2-4-15-18(14)22(31)27(21(15)30)16-5-6-17(28)26-20(16)29/h2-4,13,16,19,24-25H,5-12H2,1H3,(H,26,28,29). The van der Waals surface area contributed by atoms with Crippen molar-refractivity contribution in [1.29, 1.82) is 0 Å². The Morgan fingerprint density at radius 1 is 1.16 bits per heavy atom. The van der Waals surface area contributed by atoms with Gasteiger partial charge in [0.15, 0.2) is 0 Å². The van der Waals surface area contributed by atoms with Crippen LogP contribution in [0.1, 0.15) is 58.9 Å². The lowest BCUT2D eigenvalue weighted by atomic mass is 9.73. The molecule has 0 bridgehead atoms. The Balaban J connectivity index is 1.38. The molecule has 32 heavy (non-hydrogen) atoms. The van der Waals surface area contributed by atoms with Gasteiger partial charge in [-0.3, -0.25) is 29.4 Å². The van der Waals surface area contributed by atoms with Crippen molar-refractivity contribution in [2.24, 2.45) is 5.41 Å². The first-order valence-corrected chi connectivity index (χ1v) is 11.3. The Bertz CT molecular complexity index is 981. The van der Waals surface area contributed by atoms with Gasteiger partial charge in [-0.15, -0.1) is 0 Å². The molecule has 3 atom stereocenters. The minimum Gasteiger partial charge on any atom is -0.376 e. The van der Waals surface area contributed by atoms with E-state index < -0.39 is 23.8 Å². The molecule has 0 aromatic heterocycles. The van der Waals surface area contributed by atoms with Crippen molar-refractivity contribution in [3.05, 3.63) is 34.9 Å². The molecule has 9 heteroatoms. The number of hydrogen-bond donors (Lipinski definition) is 3. The number of nitrogens with zero attached hydrogens (tertiary/aromatic N) is 1. The SMILES string of the molecule is CC1OCC2(CCNCC2)C1NCc1cccc2c1C(=O)N(C1CCC(=O)NC1=O)C2=O. The van der Waals surface area contributed by atoms with Crippen molar-refractivity contribution >= 4 is 23.6 Å². The molecule has 4 aliphatic rings. The second-order valence-electron chi connectivity index (χ2n) is 9.27. The minimum absolute atomic E-state index is 0.0576. The number of carbonyl (C=O) groups is 4. The maximum atomic E-state index is 13.3. The third kappa shape index (κ3) is 3.35. The Hall–Kier alpha value is -2.62. The molecule has 0 saturated carbocycles. The molecule has 0 radical (unpaired) electrons. The van der Waals surface area contributed by atoms with Crippen molar-refractivity contribution in [3.8, 4) is 0 Å². The number of benzene rings is 1. The number of hydrogen-bond acceptors (Lipinski definition) is 7. The van der Waals surface area contributed by atoms with Gasteiger partial charge in [0, 0.05) is 24.4 Å². The summed E-state index contributed by atoms with van der Waals surface area (Å²) in [5, 5.41) is 9.26. The highest BCUT2D eigenvalue weighted by atomic mass is 16.5. The quantitative estimate of drug-likeness (QED) is 0.578. The lowest BCUT2D eigenvalue weighted by Crippen LogP contribution is -2.54. The Kier molecular flexibility index (Phi) is 5.35. The van der Waals surface area contributed by atoms with Gasteiger partial charge in [0.2, 0.25) is 11.8 Å². The Morgan fingerprint density at radius 2 is 1.94 bits per heavy atom. The van der Waals surface area contributed by atoms with Crippen LogP contribution < -0.4 is 16.0 Å². The molecule has 4 amide bonds. The third-order valence-corrected chi connectivity index (χ3v) is 7.43. The zero-order valence-electron chi connectivity index (χ0n) is 18.1. The molecule has 5 rings (SSSR count). The van der Waals surface area contributed by atoms with Gasteiger partial charge in [-0.1, -0.05) is 12.1 Å². The van der Waals surface area contributed by atoms with Crippen molar-refractivity contribution in [2.45, 2.75) is 57.3 Å². The second-order valence-corrected chi connectivity index (χ2v) is 9.27. The van der Waals surface area contributed by atoms with Crippen molar-refractivity contribution in [3.63, 3.8) is 0 Å². The summed E-state index contributed by atoms with van der Waals surface area (Å²) in [6, 6.07) is 4.44. The molecule has 1 spiro atoms. The summed E-state index contributed by atoms with van der Waals surface area (Å²) in [5.74, 6) is -1.93. The first kappa shape index (κ1) is 21.2. The average molecular weight is 441 g/mol. The largest absolute Gasteiger partial charge is 0.376 e. The van der Waals surface area contributed by atoms with Gasteiger partial charge in [0.05, 0.1) is 23.8 Å². The summed E-state index contributed by atoms with van der Waals surface area (Å²) in [4.78, 5) is 51.2. The minimum atomic E-state index is -0.956. The second kappa shape index (κ2) is 8.06. The molecule has 4 aliphatic heterocycles. The van der Waals surface area contributed by atoms with Crippen LogP contribution in [0.4, 0.5) is 0 Å². The summed E-state index contributed by atoms with van der Waals surface area (Å²) in [7, 11) is 0.